The number of fused-ring (bicyclic) bond motifs is 2. The van der Waals surface area contributed by atoms with E-state index in [4.69, 9.17) is 24.9 Å². The van der Waals surface area contributed by atoms with E-state index in [2.05, 4.69) is 266 Å². The van der Waals surface area contributed by atoms with Crippen LogP contribution in [0.1, 0.15) is 0 Å². The standard InChI is InChI=1S/C74H48N6/c1-3-10-49(11-4-1)51-18-28-58(29-19-51)68-46-70(60-32-26-57(27-33-60)65-17-9-15-56-42-44-75-48-67(56)65)79-73(77-68)63-38-22-53(23-39-63)54-24-40-64(41-25-54)74-78-69(59-30-20-52(21-31-59)50-12-5-2-6-13-50)47-71(80-74)61-34-36-62(37-35-61)72-66-16-8-7-14-55(66)43-45-76-72/h1-48H. The summed E-state index contributed by atoms with van der Waals surface area (Å²) in [5.74, 6) is 1.30. The lowest BCUT2D eigenvalue weighted by Crippen LogP contribution is -1.96. The lowest BCUT2D eigenvalue weighted by atomic mass is 9.97. The van der Waals surface area contributed by atoms with E-state index >= 15 is 0 Å². The highest BCUT2D eigenvalue weighted by atomic mass is 14.9. The van der Waals surface area contributed by atoms with Crippen LogP contribution in [-0.4, -0.2) is 29.9 Å². The van der Waals surface area contributed by atoms with Crippen LogP contribution < -0.4 is 0 Å². The molecule has 80 heavy (non-hydrogen) atoms. The van der Waals surface area contributed by atoms with Crippen LogP contribution in [0.5, 0.6) is 0 Å². The molecule has 0 amide bonds. The van der Waals surface area contributed by atoms with Gasteiger partial charge in [-0.25, -0.2) is 19.9 Å². The van der Waals surface area contributed by atoms with Crippen molar-refractivity contribution in [3.05, 3.63) is 292 Å². The van der Waals surface area contributed by atoms with Crippen molar-refractivity contribution in [2.45, 2.75) is 0 Å². The van der Waals surface area contributed by atoms with Gasteiger partial charge in [-0.2, -0.15) is 0 Å². The molecule has 0 saturated carbocycles. The molecule has 6 nitrogen and oxygen atoms in total. The first kappa shape index (κ1) is 47.6. The summed E-state index contributed by atoms with van der Waals surface area (Å²) in [7, 11) is 0. The zero-order valence-electron chi connectivity index (χ0n) is 43.4. The van der Waals surface area contributed by atoms with Crippen molar-refractivity contribution in [3.8, 4) is 124 Å². The van der Waals surface area contributed by atoms with Gasteiger partial charge >= 0.3 is 0 Å². The smallest absolute Gasteiger partial charge is 0.160 e. The Morgan fingerprint density at radius 3 is 1.05 bits per heavy atom. The lowest BCUT2D eigenvalue weighted by molar-refractivity contribution is 1.18. The molecule has 0 spiro atoms. The summed E-state index contributed by atoms with van der Waals surface area (Å²) in [5.41, 5.74) is 20.3. The summed E-state index contributed by atoms with van der Waals surface area (Å²) >= 11 is 0. The summed E-state index contributed by atoms with van der Waals surface area (Å²) in [4.78, 5) is 30.1. The van der Waals surface area contributed by atoms with E-state index in [-0.39, 0.29) is 0 Å². The fourth-order valence-electron chi connectivity index (χ4n) is 10.6. The molecule has 0 unspecified atom stereocenters. The van der Waals surface area contributed by atoms with Crippen LogP contribution in [0.4, 0.5) is 0 Å². The van der Waals surface area contributed by atoms with Gasteiger partial charge < -0.3 is 0 Å². The molecule has 6 heteroatoms. The van der Waals surface area contributed by atoms with Crippen LogP contribution in [0.15, 0.2) is 292 Å². The number of nitrogens with zero attached hydrogens (tertiary/aromatic N) is 6. The van der Waals surface area contributed by atoms with Crippen molar-refractivity contribution < 1.29 is 0 Å². The molecule has 0 fully saturated rings. The van der Waals surface area contributed by atoms with Crippen molar-refractivity contribution in [1.29, 1.82) is 0 Å². The molecule has 4 aromatic heterocycles. The third-order valence-corrected chi connectivity index (χ3v) is 15.0. The second-order valence-corrected chi connectivity index (χ2v) is 19.9. The van der Waals surface area contributed by atoms with E-state index in [1.54, 1.807) is 0 Å². The molecule has 14 aromatic rings. The third kappa shape index (κ3) is 9.59. The number of aromatic nitrogens is 6. The lowest BCUT2D eigenvalue weighted by Gasteiger charge is -2.12. The Morgan fingerprint density at radius 2 is 0.575 bits per heavy atom. The minimum Gasteiger partial charge on any atom is -0.264 e. The van der Waals surface area contributed by atoms with E-state index in [1.165, 1.54) is 11.1 Å². The monoisotopic (exact) mass is 1020 g/mol. The van der Waals surface area contributed by atoms with Gasteiger partial charge in [0, 0.05) is 68.3 Å². The Labute approximate surface area is 464 Å². The van der Waals surface area contributed by atoms with Gasteiger partial charge in [-0.3, -0.25) is 9.97 Å². The number of rotatable bonds is 11. The van der Waals surface area contributed by atoms with Crippen LogP contribution in [-0.2, 0) is 0 Å². The molecule has 0 N–H and O–H groups in total. The van der Waals surface area contributed by atoms with Gasteiger partial charge in [0.05, 0.1) is 28.5 Å². The predicted octanol–water partition coefficient (Wildman–Crippen LogP) is 18.7. The van der Waals surface area contributed by atoms with Gasteiger partial charge in [0.1, 0.15) is 0 Å². The first-order chi connectivity index (χ1) is 39.6. The third-order valence-electron chi connectivity index (χ3n) is 15.0. The zero-order chi connectivity index (χ0) is 53.2. The second kappa shape index (κ2) is 21.0. The van der Waals surface area contributed by atoms with Crippen LogP contribution in [0, 0.1) is 0 Å². The van der Waals surface area contributed by atoms with Gasteiger partial charge in [0.15, 0.2) is 11.6 Å². The number of hydrogen-bond acceptors (Lipinski definition) is 6. The molecule has 0 aliphatic carbocycles. The van der Waals surface area contributed by atoms with Crippen molar-refractivity contribution in [2.75, 3.05) is 0 Å². The molecule has 14 rings (SSSR count). The van der Waals surface area contributed by atoms with E-state index < -0.39 is 0 Å². The fourth-order valence-corrected chi connectivity index (χ4v) is 10.6. The molecule has 0 aliphatic rings. The number of pyridine rings is 2. The molecule has 4 heterocycles. The van der Waals surface area contributed by atoms with Crippen molar-refractivity contribution in [3.63, 3.8) is 0 Å². The first-order valence-electron chi connectivity index (χ1n) is 26.8. The fraction of sp³-hybridized carbons (Fsp3) is 0. The maximum atomic E-state index is 5.23. The molecular formula is C74H48N6. The summed E-state index contributed by atoms with van der Waals surface area (Å²) in [6.45, 7) is 0. The molecular weight excluding hydrogens is 973 g/mol. The maximum Gasteiger partial charge on any atom is 0.160 e. The minimum absolute atomic E-state index is 0.648. The maximum absolute atomic E-state index is 5.23. The molecule has 0 saturated heterocycles. The summed E-state index contributed by atoms with van der Waals surface area (Å²) < 4.78 is 0. The van der Waals surface area contributed by atoms with Crippen LogP contribution in [0.25, 0.3) is 145 Å². The van der Waals surface area contributed by atoms with Crippen LogP contribution in [0.3, 0.4) is 0 Å². The Hall–Kier alpha value is -10.8. The Balaban J connectivity index is 0.781. The number of benzene rings is 10. The number of hydrogen-bond donors (Lipinski definition) is 0. The highest BCUT2D eigenvalue weighted by molar-refractivity contribution is 5.97. The second-order valence-electron chi connectivity index (χ2n) is 19.9. The molecule has 374 valence electrons. The van der Waals surface area contributed by atoms with Crippen LogP contribution in [0.2, 0.25) is 0 Å². The molecule has 0 aliphatic heterocycles. The van der Waals surface area contributed by atoms with Crippen molar-refractivity contribution in [1.82, 2.24) is 29.9 Å². The van der Waals surface area contributed by atoms with Gasteiger partial charge in [0.25, 0.3) is 0 Å². The largest absolute Gasteiger partial charge is 0.264 e. The molecule has 0 radical (unpaired) electrons. The van der Waals surface area contributed by atoms with Crippen molar-refractivity contribution >= 4 is 21.5 Å². The first-order valence-corrected chi connectivity index (χ1v) is 26.8. The summed E-state index contributed by atoms with van der Waals surface area (Å²) in [5, 5.41) is 4.57. The summed E-state index contributed by atoms with van der Waals surface area (Å²) in [6, 6.07) is 95.4. The van der Waals surface area contributed by atoms with Gasteiger partial charge in [-0.15, -0.1) is 0 Å². The van der Waals surface area contributed by atoms with Gasteiger partial charge in [-0.1, -0.05) is 249 Å². The molecule has 10 aromatic carbocycles. The van der Waals surface area contributed by atoms with Crippen LogP contribution >= 0.6 is 0 Å². The predicted molar refractivity (Wildman–Crippen MR) is 328 cm³/mol. The SMILES string of the molecule is c1ccc(-c2ccc(-c3cc(-c4ccc(-c5cccc6ccncc56)cc4)nc(-c4ccc(-c5ccc(-c6nc(-c7ccc(-c8ccccc8)cc7)cc(-c7ccc(-c8nccc9ccccc89)cc7)n6)cc5)cc4)n3)cc2)cc1. The Kier molecular flexibility index (Phi) is 12.5. The van der Waals surface area contributed by atoms with E-state index in [1.807, 2.05) is 30.7 Å². The average Bonchev–Trinajstić information content (AvgIpc) is 3.56. The minimum atomic E-state index is 0.648. The van der Waals surface area contributed by atoms with E-state index in [9.17, 15) is 0 Å². The highest BCUT2D eigenvalue weighted by Crippen LogP contribution is 2.36. The normalized spacial score (nSPS) is 11.2. The Bertz CT molecular complexity index is 4200. The van der Waals surface area contributed by atoms with Crippen molar-refractivity contribution in [2.24, 2.45) is 0 Å². The summed E-state index contributed by atoms with van der Waals surface area (Å²) in [6.07, 6.45) is 5.66. The quantitative estimate of drug-likeness (QED) is 0.128. The van der Waals surface area contributed by atoms with Gasteiger partial charge in [0.2, 0.25) is 0 Å². The zero-order valence-corrected chi connectivity index (χ0v) is 43.4. The van der Waals surface area contributed by atoms with Gasteiger partial charge in [-0.05, 0) is 79.5 Å². The average molecular weight is 1020 g/mol. The van der Waals surface area contributed by atoms with E-state index in [0.29, 0.717) is 11.6 Å². The Morgan fingerprint density at radius 1 is 0.225 bits per heavy atom. The topological polar surface area (TPSA) is 77.3 Å². The molecule has 0 atom stereocenters. The van der Waals surface area contributed by atoms with E-state index in [0.717, 1.165) is 122 Å². The highest BCUT2D eigenvalue weighted by Gasteiger charge is 2.16. The molecule has 0 bridgehead atoms.